The van der Waals surface area contributed by atoms with Crippen LogP contribution in [0.15, 0.2) is 29.2 Å². The predicted octanol–water partition coefficient (Wildman–Crippen LogP) is 3.97. The molecule has 0 aliphatic heterocycles. The third-order valence-corrected chi connectivity index (χ3v) is 5.43. The fraction of sp³-hybridized carbons (Fsp3) is 0.316. The lowest BCUT2D eigenvalue weighted by Crippen LogP contribution is -2.23. The average Bonchev–Trinajstić information content (AvgIpc) is 3.28. The normalized spacial score (nSPS) is 14.0. The SMILES string of the molecule is Cc1cc(C)c2nc(NC(=O)c3cn(C4CC4)c(C)cc3=O)sc2c1. The zero-order chi connectivity index (χ0) is 17.7. The van der Waals surface area contributed by atoms with Gasteiger partial charge in [-0.2, -0.15) is 0 Å². The number of nitrogens with one attached hydrogen (secondary N) is 1. The maximum absolute atomic E-state index is 12.6. The topological polar surface area (TPSA) is 64.0 Å². The van der Waals surface area contributed by atoms with Gasteiger partial charge in [0.25, 0.3) is 5.91 Å². The van der Waals surface area contributed by atoms with E-state index in [1.165, 1.54) is 11.3 Å². The molecule has 25 heavy (non-hydrogen) atoms. The summed E-state index contributed by atoms with van der Waals surface area (Å²) in [4.78, 5) is 29.4. The fourth-order valence-corrected chi connectivity index (χ4v) is 4.19. The van der Waals surface area contributed by atoms with Crippen LogP contribution in [-0.2, 0) is 0 Å². The Morgan fingerprint density at radius 3 is 2.72 bits per heavy atom. The summed E-state index contributed by atoms with van der Waals surface area (Å²) < 4.78 is 3.06. The zero-order valence-corrected chi connectivity index (χ0v) is 15.2. The first-order chi connectivity index (χ1) is 11.9. The largest absolute Gasteiger partial charge is 0.348 e. The van der Waals surface area contributed by atoms with Gasteiger partial charge in [-0.1, -0.05) is 17.4 Å². The molecule has 1 aromatic carbocycles. The second-order valence-electron chi connectivity index (χ2n) is 6.73. The van der Waals surface area contributed by atoms with E-state index in [1.807, 2.05) is 25.3 Å². The van der Waals surface area contributed by atoms with E-state index >= 15 is 0 Å². The van der Waals surface area contributed by atoms with Gasteiger partial charge in [0.05, 0.1) is 10.2 Å². The number of nitrogens with zero attached hydrogens (tertiary/aromatic N) is 2. The molecule has 0 spiro atoms. The predicted molar refractivity (Wildman–Crippen MR) is 101 cm³/mol. The van der Waals surface area contributed by atoms with E-state index in [0.717, 1.165) is 39.9 Å². The molecule has 1 fully saturated rings. The molecule has 1 saturated carbocycles. The second kappa shape index (κ2) is 5.81. The smallest absolute Gasteiger partial charge is 0.262 e. The van der Waals surface area contributed by atoms with Crippen molar-refractivity contribution in [3.8, 4) is 0 Å². The maximum Gasteiger partial charge on any atom is 0.262 e. The number of carbonyl (C=O) groups excluding carboxylic acids is 1. The quantitative estimate of drug-likeness (QED) is 0.775. The standard InChI is InChI=1S/C19H19N3O2S/c1-10-6-11(2)17-16(7-10)25-19(20-17)21-18(24)14-9-22(13-4-5-13)12(3)8-15(14)23/h6-9,13H,4-5H2,1-3H3,(H,20,21,24). The Hall–Kier alpha value is -2.47. The van der Waals surface area contributed by atoms with Crippen LogP contribution in [0.1, 0.15) is 46.1 Å². The van der Waals surface area contributed by atoms with Crippen molar-refractivity contribution in [1.82, 2.24) is 9.55 Å². The lowest BCUT2D eigenvalue weighted by atomic mass is 10.1. The summed E-state index contributed by atoms with van der Waals surface area (Å²) in [6.07, 6.45) is 3.88. The molecule has 1 N–H and O–H groups in total. The monoisotopic (exact) mass is 353 g/mol. The van der Waals surface area contributed by atoms with Crippen LogP contribution in [0.3, 0.4) is 0 Å². The minimum absolute atomic E-state index is 0.171. The van der Waals surface area contributed by atoms with Gasteiger partial charge in [0.15, 0.2) is 10.6 Å². The van der Waals surface area contributed by atoms with E-state index in [4.69, 9.17) is 0 Å². The van der Waals surface area contributed by atoms with Crippen LogP contribution >= 0.6 is 11.3 Å². The van der Waals surface area contributed by atoms with Gasteiger partial charge in [0.2, 0.25) is 0 Å². The number of thiazole rings is 1. The number of hydrogen-bond acceptors (Lipinski definition) is 4. The molecule has 1 aliphatic rings. The molecule has 3 aromatic rings. The molecule has 1 amide bonds. The second-order valence-corrected chi connectivity index (χ2v) is 7.76. The van der Waals surface area contributed by atoms with Crippen molar-refractivity contribution in [2.75, 3.05) is 5.32 Å². The Labute approximate surface area is 149 Å². The van der Waals surface area contributed by atoms with Crippen LogP contribution in [0.5, 0.6) is 0 Å². The van der Waals surface area contributed by atoms with E-state index < -0.39 is 5.91 Å². The molecule has 6 heteroatoms. The summed E-state index contributed by atoms with van der Waals surface area (Å²) in [6, 6.07) is 6.09. The van der Waals surface area contributed by atoms with Crippen LogP contribution in [0.2, 0.25) is 0 Å². The van der Waals surface area contributed by atoms with Crippen molar-refractivity contribution in [3.63, 3.8) is 0 Å². The minimum atomic E-state index is -0.396. The summed E-state index contributed by atoms with van der Waals surface area (Å²) in [5, 5.41) is 3.32. The van der Waals surface area contributed by atoms with Crippen LogP contribution in [0, 0.1) is 20.8 Å². The highest BCUT2D eigenvalue weighted by atomic mass is 32.1. The van der Waals surface area contributed by atoms with Crippen molar-refractivity contribution >= 4 is 32.6 Å². The third-order valence-electron chi connectivity index (χ3n) is 4.52. The molecule has 0 radical (unpaired) electrons. The Bertz CT molecular complexity index is 1060. The molecule has 0 unspecified atom stereocenters. The number of benzene rings is 1. The number of pyridine rings is 1. The number of aryl methyl sites for hydroxylation is 3. The van der Waals surface area contributed by atoms with Crippen molar-refractivity contribution in [2.45, 2.75) is 39.7 Å². The van der Waals surface area contributed by atoms with Crippen LogP contribution < -0.4 is 10.7 Å². The van der Waals surface area contributed by atoms with Gasteiger partial charge in [-0.05, 0) is 50.8 Å². The molecular formula is C19H19N3O2S. The van der Waals surface area contributed by atoms with Gasteiger partial charge in [-0.15, -0.1) is 0 Å². The molecule has 1 aliphatic carbocycles. The lowest BCUT2D eigenvalue weighted by Gasteiger charge is -2.11. The minimum Gasteiger partial charge on any atom is -0.348 e. The van der Waals surface area contributed by atoms with E-state index in [9.17, 15) is 9.59 Å². The Morgan fingerprint density at radius 1 is 1.24 bits per heavy atom. The number of amides is 1. The van der Waals surface area contributed by atoms with Gasteiger partial charge in [0.1, 0.15) is 5.56 Å². The van der Waals surface area contributed by atoms with Crippen molar-refractivity contribution in [2.24, 2.45) is 0 Å². The van der Waals surface area contributed by atoms with E-state index in [0.29, 0.717) is 11.2 Å². The Balaban J connectivity index is 1.67. The van der Waals surface area contributed by atoms with Crippen molar-refractivity contribution < 1.29 is 4.79 Å². The molecule has 0 saturated heterocycles. The summed E-state index contributed by atoms with van der Waals surface area (Å²) in [6.45, 7) is 5.95. The fourth-order valence-electron chi connectivity index (χ4n) is 3.15. The zero-order valence-electron chi connectivity index (χ0n) is 14.4. The number of aromatic nitrogens is 2. The number of hydrogen-bond donors (Lipinski definition) is 1. The number of anilines is 1. The first-order valence-corrected chi connectivity index (χ1v) is 9.16. The van der Waals surface area contributed by atoms with E-state index in [1.54, 1.807) is 12.3 Å². The summed E-state index contributed by atoms with van der Waals surface area (Å²) in [7, 11) is 0. The van der Waals surface area contributed by atoms with Gasteiger partial charge in [-0.3, -0.25) is 14.9 Å². The number of rotatable bonds is 3. The van der Waals surface area contributed by atoms with E-state index in [2.05, 4.69) is 22.4 Å². The molecule has 4 rings (SSSR count). The molecule has 2 aromatic heterocycles. The van der Waals surface area contributed by atoms with Crippen LogP contribution in [0.25, 0.3) is 10.2 Å². The van der Waals surface area contributed by atoms with Gasteiger partial charge in [-0.25, -0.2) is 4.98 Å². The first kappa shape index (κ1) is 16.0. The van der Waals surface area contributed by atoms with Crippen LogP contribution in [-0.4, -0.2) is 15.5 Å². The molecular weight excluding hydrogens is 334 g/mol. The van der Waals surface area contributed by atoms with Crippen LogP contribution in [0.4, 0.5) is 5.13 Å². The molecule has 0 bridgehead atoms. The summed E-state index contributed by atoms with van der Waals surface area (Å²) >= 11 is 1.43. The highest BCUT2D eigenvalue weighted by molar-refractivity contribution is 7.22. The average molecular weight is 353 g/mol. The van der Waals surface area contributed by atoms with Gasteiger partial charge >= 0.3 is 0 Å². The maximum atomic E-state index is 12.6. The van der Waals surface area contributed by atoms with Gasteiger partial charge < -0.3 is 4.57 Å². The molecule has 0 atom stereocenters. The van der Waals surface area contributed by atoms with Crippen molar-refractivity contribution in [3.05, 3.63) is 57.0 Å². The summed E-state index contributed by atoms with van der Waals surface area (Å²) in [5.74, 6) is -0.396. The highest BCUT2D eigenvalue weighted by Crippen LogP contribution is 2.35. The number of carbonyl (C=O) groups is 1. The molecule has 128 valence electrons. The van der Waals surface area contributed by atoms with Crippen molar-refractivity contribution in [1.29, 1.82) is 0 Å². The number of fused-ring (bicyclic) bond motifs is 1. The van der Waals surface area contributed by atoms with Gasteiger partial charge in [0, 0.05) is 24.0 Å². The first-order valence-electron chi connectivity index (χ1n) is 8.34. The summed E-state index contributed by atoms with van der Waals surface area (Å²) in [5.41, 5.74) is 3.96. The Kier molecular flexibility index (Phi) is 3.72. The lowest BCUT2D eigenvalue weighted by molar-refractivity contribution is 0.102. The molecule has 5 nitrogen and oxygen atoms in total. The Morgan fingerprint density at radius 2 is 2.00 bits per heavy atom. The molecule has 2 heterocycles. The third kappa shape index (κ3) is 2.98. The highest BCUT2D eigenvalue weighted by Gasteiger charge is 2.25. The van der Waals surface area contributed by atoms with E-state index in [-0.39, 0.29) is 11.0 Å².